The number of para-hydroxylation sites is 1. The maximum absolute atomic E-state index is 11.6. The lowest BCUT2D eigenvalue weighted by atomic mass is 10.1. The molecular weight excluding hydrogens is 216 g/mol. The minimum atomic E-state index is 0.0131. The molecule has 1 aromatic carbocycles. The van der Waals surface area contributed by atoms with Crippen molar-refractivity contribution in [2.75, 3.05) is 23.3 Å². The quantitative estimate of drug-likeness (QED) is 0.872. The van der Waals surface area contributed by atoms with Crippen LogP contribution in [0.3, 0.4) is 0 Å². The standard InChI is InChI=1S/C13H18N2O2/c1-4-15-8-12(16)14-13-10(15)6-5-7-11(13)17-9(2)3/h5-7,9H,4,8H2,1-3H3,(H,14,16). The third kappa shape index (κ3) is 2.35. The predicted molar refractivity (Wildman–Crippen MR) is 68.7 cm³/mol. The Bertz CT molecular complexity index is 429. The monoisotopic (exact) mass is 234 g/mol. The van der Waals surface area contributed by atoms with E-state index < -0.39 is 0 Å². The van der Waals surface area contributed by atoms with Crippen LogP contribution in [-0.4, -0.2) is 25.1 Å². The SMILES string of the molecule is CCN1CC(=O)Nc2c(OC(C)C)cccc21. The van der Waals surface area contributed by atoms with Gasteiger partial charge in [0.1, 0.15) is 11.4 Å². The van der Waals surface area contributed by atoms with Crippen molar-refractivity contribution in [1.29, 1.82) is 0 Å². The molecule has 1 amide bonds. The van der Waals surface area contributed by atoms with Gasteiger partial charge in [-0.3, -0.25) is 4.79 Å². The summed E-state index contributed by atoms with van der Waals surface area (Å²) in [7, 11) is 0. The summed E-state index contributed by atoms with van der Waals surface area (Å²) in [6.07, 6.45) is 0.0930. The van der Waals surface area contributed by atoms with Crippen LogP contribution in [0.2, 0.25) is 0 Å². The molecule has 0 saturated carbocycles. The summed E-state index contributed by atoms with van der Waals surface area (Å²) in [5, 5.41) is 2.89. The minimum absolute atomic E-state index is 0.0131. The van der Waals surface area contributed by atoms with Crippen LogP contribution in [0.15, 0.2) is 18.2 Å². The van der Waals surface area contributed by atoms with Crippen LogP contribution in [0, 0.1) is 0 Å². The van der Waals surface area contributed by atoms with Gasteiger partial charge in [0.05, 0.1) is 18.3 Å². The second kappa shape index (κ2) is 4.65. The van der Waals surface area contributed by atoms with Crippen molar-refractivity contribution in [3.63, 3.8) is 0 Å². The fourth-order valence-electron chi connectivity index (χ4n) is 1.98. The largest absolute Gasteiger partial charge is 0.489 e. The van der Waals surface area contributed by atoms with Crippen LogP contribution >= 0.6 is 0 Å². The molecule has 1 aliphatic heterocycles. The first-order valence-electron chi connectivity index (χ1n) is 5.96. The Hall–Kier alpha value is -1.71. The molecule has 1 aromatic rings. The smallest absolute Gasteiger partial charge is 0.244 e. The Morgan fingerprint density at radius 2 is 2.24 bits per heavy atom. The normalized spacial score (nSPS) is 14.6. The van der Waals surface area contributed by atoms with Crippen molar-refractivity contribution >= 4 is 17.3 Å². The second-order valence-corrected chi connectivity index (χ2v) is 4.38. The van der Waals surface area contributed by atoms with Gasteiger partial charge in [-0.1, -0.05) is 6.07 Å². The Balaban J connectivity index is 2.41. The molecule has 2 rings (SSSR count). The maximum atomic E-state index is 11.6. The number of anilines is 2. The number of fused-ring (bicyclic) bond motifs is 1. The Morgan fingerprint density at radius 1 is 1.47 bits per heavy atom. The molecule has 92 valence electrons. The number of likely N-dealkylation sites (N-methyl/N-ethyl adjacent to an activating group) is 1. The molecule has 17 heavy (non-hydrogen) atoms. The van der Waals surface area contributed by atoms with Crippen LogP contribution in [-0.2, 0) is 4.79 Å². The molecule has 4 nitrogen and oxygen atoms in total. The summed E-state index contributed by atoms with van der Waals surface area (Å²) >= 11 is 0. The van der Waals surface area contributed by atoms with E-state index in [4.69, 9.17) is 4.74 Å². The van der Waals surface area contributed by atoms with Crippen LogP contribution in [0.5, 0.6) is 5.75 Å². The Kier molecular flexibility index (Phi) is 3.22. The molecule has 1 heterocycles. The van der Waals surface area contributed by atoms with E-state index in [1.165, 1.54) is 0 Å². The van der Waals surface area contributed by atoms with Gasteiger partial charge in [0.25, 0.3) is 0 Å². The highest BCUT2D eigenvalue weighted by molar-refractivity contribution is 6.02. The molecular formula is C13H18N2O2. The molecule has 1 aliphatic rings. The van der Waals surface area contributed by atoms with E-state index >= 15 is 0 Å². The fourth-order valence-corrected chi connectivity index (χ4v) is 1.98. The summed E-state index contributed by atoms with van der Waals surface area (Å²) in [6.45, 7) is 7.21. The maximum Gasteiger partial charge on any atom is 0.244 e. The topological polar surface area (TPSA) is 41.6 Å². The zero-order chi connectivity index (χ0) is 12.4. The number of rotatable bonds is 3. The zero-order valence-electron chi connectivity index (χ0n) is 10.5. The first-order chi connectivity index (χ1) is 8.11. The van der Waals surface area contributed by atoms with Gasteiger partial charge in [0.2, 0.25) is 5.91 Å². The lowest BCUT2D eigenvalue weighted by Gasteiger charge is -2.31. The number of carbonyl (C=O) groups is 1. The van der Waals surface area contributed by atoms with E-state index in [1.807, 2.05) is 43.9 Å². The Labute approximate surface area is 102 Å². The van der Waals surface area contributed by atoms with Crippen LogP contribution in [0.1, 0.15) is 20.8 Å². The van der Waals surface area contributed by atoms with Crippen molar-refractivity contribution in [2.45, 2.75) is 26.9 Å². The van der Waals surface area contributed by atoms with Gasteiger partial charge in [0.15, 0.2) is 0 Å². The summed E-state index contributed by atoms with van der Waals surface area (Å²) in [5.41, 5.74) is 1.82. The molecule has 0 spiro atoms. The zero-order valence-corrected chi connectivity index (χ0v) is 10.5. The van der Waals surface area contributed by atoms with E-state index in [1.54, 1.807) is 0 Å². The first kappa shape index (κ1) is 11.8. The molecule has 0 radical (unpaired) electrons. The number of nitrogens with zero attached hydrogens (tertiary/aromatic N) is 1. The van der Waals surface area contributed by atoms with E-state index in [-0.39, 0.29) is 12.0 Å². The molecule has 0 fully saturated rings. The number of carbonyl (C=O) groups excluding carboxylic acids is 1. The highest BCUT2D eigenvalue weighted by Crippen LogP contribution is 2.37. The van der Waals surface area contributed by atoms with Gasteiger partial charge in [-0.2, -0.15) is 0 Å². The van der Waals surface area contributed by atoms with Crippen molar-refractivity contribution in [2.24, 2.45) is 0 Å². The highest BCUT2D eigenvalue weighted by atomic mass is 16.5. The lowest BCUT2D eigenvalue weighted by molar-refractivity contribution is -0.115. The fraction of sp³-hybridized carbons (Fsp3) is 0.462. The number of benzene rings is 1. The van der Waals surface area contributed by atoms with E-state index in [0.717, 1.165) is 23.7 Å². The van der Waals surface area contributed by atoms with Gasteiger partial charge in [-0.25, -0.2) is 0 Å². The van der Waals surface area contributed by atoms with Gasteiger partial charge in [-0.05, 0) is 32.9 Å². The van der Waals surface area contributed by atoms with E-state index in [9.17, 15) is 4.79 Å². The molecule has 0 atom stereocenters. The van der Waals surface area contributed by atoms with Gasteiger partial charge >= 0.3 is 0 Å². The average molecular weight is 234 g/mol. The van der Waals surface area contributed by atoms with Gasteiger partial charge < -0.3 is 15.0 Å². The average Bonchev–Trinajstić information content (AvgIpc) is 2.28. The molecule has 1 N–H and O–H groups in total. The highest BCUT2D eigenvalue weighted by Gasteiger charge is 2.23. The van der Waals surface area contributed by atoms with E-state index in [2.05, 4.69) is 5.32 Å². The third-order valence-corrected chi connectivity index (χ3v) is 2.69. The summed E-state index contributed by atoms with van der Waals surface area (Å²) < 4.78 is 5.71. The number of hydrogen-bond donors (Lipinski definition) is 1. The molecule has 0 aromatic heterocycles. The van der Waals surface area contributed by atoms with Crippen LogP contribution in [0.25, 0.3) is 0 Å². The summed E-state index contributed by atoms with van der Waals surface area (Å²) in [6, 6.07) is 5.85. The second-order valence-electron chi connectivity index (χ2n) is 4.38. The molecule has 0 saturated heterocycles. The van der Waals surface area contributed by atoms with Crippen molar-refractivity contribution in [3.8, 4) is 5.75 Å². The van der Waals surface area contributed by atoms with Crippen molar-refractivity contribution < 1.29 is 9.53 Å². The molecule has 0 aliphatic carbocycles. The van der Waals surface area contributed by atoms with Gasteiger partial charge in [0, 0.05) is 6.54 Å². The summed E-state index contributed by atoms with van der Waals surface area (Å²) in [5.74, 6) is 0.753. The molecule has 4 heteroatoms. The van der Waals surface area contributed by atoms with E-state index in [0.29, 0.717) is 6.54 Å². The predicted octanol–water partition coefficient (Wildman–Crippen LogP) is 2.25. The molecule has 0 unspecified atom stereocenters. The number of ether oxygens (including phenoxy) is 1. The third-order valence-electron chi connectivity index (χ3n) is 2.69. The number of nitrogens with one attached hydrogen (secondary N) is 1. The summed E-state index contributed by atoms with van der Waals surface area (Å²) in [4.78, 5) is 13.7. The number of hydrogen-bond acceptors (Lipinski definition) is 3. The van der Waals surface area contributed by atoms with Crippen LogP contribution < -0.4 is 15.0 Å². The molecule has 0 bridgehead atoms. The van der Waals surface area contributed by atoms with Crippen molar-refractivity contribution in [3.05, 3.63) is 18.2 Å². The number of amides is 1. The first-order valence-corrected chi connectivity index (χ1v) is 5.96. The van der Waals surface area contributed by atoms with Crippen LogP contribution in [0.4, 0.5) is 11.4 Å². The lowest BCUT2D eigenvalue weighted by Crippen LogP contribution is -2.38. The van der Waals surface area contributed by atoms with Gasteiger partial charge in [-0.15, -0.1) is 0 Å². The van der Waals surface area contributed by atoms with Crippen molar-refractivity contribution in [1.82, 2.24) is 0 Å². The minimum Gasteiger partial charge on any atom is -0.489 e. The Morgan fingerprint density at radius 3 is 2.88 bits per heavy atom.